The summed E-state index contributed by atoms with van der Waals surface area (Å²) in [6.45, 7) is 5.16. The molecule has 1 N–H and O–H groups in total. The number of likely N-dealkylation sites (tertiary alicyclic amines) is 1. The fraction of sp³-hybridized carbons (Fsp3) is 0.333. The smallest absolute Gasteiger partial charge is 0.295 e. The van der Waals surface area contributed by atoms with Crippen LogP contribution in [0.3, 0.4) is 0 Å². The van der Waals surface area contributed by atoms with Crippen LogP contribution in [0.25, 0.3) is 5.76 Å². The molecule has 2 aromatic carbocycles. The lowest BCUT2D eigenvalue weighted by Crippen LogP contribution is -2.31. The van der Waals surface area contributed by atoms with Crippen molar-refractivity contribution in [2.24, 2.45) is 0 Å². The highest BCUT2D eigenvalue weighted by atomic mass is 16.6. The van der Waals surface area contributed by atoms with E-state index in [4.69, 9.17) is 9.47 Å². The number of nitro groups is 1. The molecule has 1 fully saturated rings. The number of hydrogen-bond donors (Lipinski definition) is 1. The Bertz CT molecular complexity index is 1060. The molecule has 1 saturated heterocycles. The van der Waals surface area contributed by atoms with E-state index in [0.717, 1.165) is 0 Å². The fourth-order valence-electron chi connectivity index (χ4n) is 3.83. The third kappa shape index (κ3) is 5.04. The van der Waals surface area contributed by atoms with E-state index in [1.165, 1.54) is 23.1 Å². The molecule has 1 aliphatic heterocycles. The van der Waals surface area contributed by atoms with Gasteiger partial charge in [-0.15, -0.1) is 0 Å². The number of aliphatic hydroxyl groups is 1. The summed E-state index contributed by atoms with van der Waals surface area (Å²) in [6, 6.07) is 11.2. The number of hydrogen-bond acceptors (Lipinski definition) is 7. The molecule has 0 radical (unpaired) electrons. The molecule has 3 rings (SSSR count). The molecule has 9 nitrogen and oxygen atoms in total. The zero-order chi connectivity index (χ0) is 24.0. The molecule has 1 atom stereocenters. The molecular weight excluding hydrogens is 428 g/mol. The molecule has 0 bridgehead atoms. The number of benzene rings is 2. The Labute approximate surface area is 191 Å². The highest BCUT2D eigenvalue weighted by Crippen LogP contribution is 2.42. The highest BCUT2D eigenvalue weighted by Gasteiger charge is 2.47. The van der Waals surface area contributed by atoms with Gasteiger partial charge in [-0.3, -0.25) is 19.7 Å². The van der Waals surface area contributed by atoms with E-state index in [0.29, 0.717) is 37.6 Å². The number of amides is 1. The summed E-state index contributed by atoms with van der Waals surface area (Å²) in [5, 5.41) is 22.8. The molecule has 0 aromatic heterocycles. The van der Waals surface area contributed by atoms with Gasteiger partial charge < -0.3 is 19.5 Å². The van der Waals surface area contributed by atoms with Crippen LogP contribution in [0.1, 0.15) is 37.4 Å². The van der Waals surface area contributed by atoms with E-state index >= 15 is 0 Å². The molecule has 0 aliphatic carbocycles. The van der Waals surface area contributed by atoms with Gasteiger partial charge in [-0.2, -0.15) is 0 Å². The molecule has 1 unspecified atom stereocenters. The fourth-order valence-corrected chi connectivity index (χ4v) is 3.83. The Balaban J connectivity index is 2.12. The minimum absolute atomic E-state index is 0.140. The average Bonchev–Trinajstić information content (AvgIpc) is 3.07. The van der Waals surface area contributed by atoms with E-state index in [1.807, 2.05) is 13.8 Å². The lowest BCUT2D eigenvalue weighted by molar-refractivity contribution is -0.385. The van der Waals surface area contributed by atoms with Gasteiger partial charge >= 0.3 is 0 Å². The molecule has 0 saturated carbocycles. The van der Waals surface area contributed by atoms with Gasteiger partial charge in [0.2, 0.25) is 0 Å². The Hall–Kier alpha value is -3.72. The summed E-state index contributed by atoms with van der Waals surface area (Å²) in [5.74, 6) is -1.52. The molecular formula is C24H26N2O7. The summed E-state index contributed by atoms with van der Waals surface area (Å²) in [4.78, 5) is 38.3. The van der Waals surface area contributed by atoms with Crippen LogP contribution < -0.4 is 4.74 Å². The first-order valence-corrected chi connectivity index (χ1v) is 10.7. The van der Waals surface area contributed by atoms with Crippen LogP contribution in [-0.4, -0.2) is 53.0 Å². The van der Waals surface area contributed by atoms with Crippen molar-refractivity contribution in [3.63, 3.8) is 0 Å². The maximum absolute atomic E-state index is 13.0. The number of rotatable bonds is 10. The summed E-state index contributed by atoms with van der Waals surface area (Å²) >= 11 is 0. The number of carbonyl (C=O) groups excluding carboxylic acids is 2. The van der Waals surface area contributed by atoms with Crippen LogP contribution >= 0.6 is 0 Å². The second kappa shape index (κ2) is 10.7. The summed E-state index contributed by atoms with van der Waals surface area (Å²) < 4.78 is 10.7. The second-order valence-corrected chi connectivity index (χ2v) is 7.32. The molecule has 2 aromatic rings. The summed E-state index contributed by atoms with van der Waals surface area (Å²) in [7, 11) is 0. The van der Waals surface area contributed by atoms with Crippen LogP contribution in [0.2, 0.25) is 0 Å². The molecule has 1 aliphatic rings. The third-order valence-electron chi connectivity index (χ3n) is 5.30. The van der Waals surface area contributed by atoms with Crippen molar-refractivity contribution in [1.82, 2.24) is 4.90 Å². The first-order valence-electron chi connectivity index (χ1n) is 10.7. The van der Waals surface area contributed by atoms with E-state index in [1.54, 1.807) is 30.3 Å². The number of nitro benzene ring substituents is 1. The zero-order valence-electron chi connectivity index (χ0n) is 18.5. The largest absolute Gasteiger partial charge is 0.507 e. The van der Waals surface area contributed by atoms with Crippen molar-refractivity contribution < 1.29 is 29.1 Å². The lowest BCUT2D eigenvalue weighted by atomic mass is 9.94. The Kier molecular flexibility index (Phi) is 7.78. The van der Waals surface area contributed by atoms with Gasteiger partial charge in [-0.05, 0) is 50.6 Å². The van der Waals surface area contributed by atoms with Crippen LogP contribution in [-0.2, 0) is 14.3 Å². The quantitative estimate of drug-likeness (QED) is 0.145. The number of ether oxygens (including phenoxy) is 2. The number of Topliss-reactive ketones (excluding diaryl/α,β-unsaturated/α-hetero) is 1. The molecule has 174 valence electrons. The second-order valence-electron chi connectivity index (χ2n) is 7.32. The topological polar surface area (TPSA) is 119 Å². The molecule has 1 amide bonds. The van der Waals surface area contributed by atoms with Gasteiger partial charge in [-0.1, -0.05) is 12.1 Å². The Morgan fingerprint density at radius 1 is 1.09 bits per heavy atom. The van der Waals surface area contributed by atoms with Crippen LogP contribution in [0.4, 0.5) is 5.69 Å². The molecule has 9 heteroatoms. The number of aliphatic hydroxyl groups excluding tert-OH is 1. The van der Waals surface area contributed by atoms with Crippen molar-refractivity contribution in [3.05, 3.63) is 75.3 Å². The number of carbonyl (C=O) groups is 2. The Morgan fingerprint density at radius 3 is 2.42 bits per heavy atom. The van der Waals surface area contributed by atoms with Crippen LogP contribution in [0, 0.1) is 10.1 Å². The van der Waals surface area contributed by atoms with Crippen LogP contribution in [0.15, 0.2) is 54.1 Å². The molecule has 0 spiro atoms. The number of nitrogens with zero attached hydrogens (tertiary/aromatic N) is 2. The normalized spacial score (nSPS) is 17.4. The van der Waals surface area contributed by atoms with Crippen molar-refractivity contribution in [2.45, 2.75) is 26.3 Å². The van der Waals surface area contributed by atoms with Crippen molar-refractivity contribution >= 4 is 23.1 Å². The van der Waals surface area contributed by atoms with Gasteiger partial charge in [0.05, 0.1) is 28.7 Å². The first kappa shape index (κ1) is 23.9. The van der Waals surface area contributed by atoms with E-state index in [-0.39, 0.29) is 23.4 Å². The third-order valence-corrected chi connectivity index (χ3v) is 5.30. The van der Waals surface area contributed by atoms with Crippen molar-refractivity contribution in [1.29, 1.82) is 0 Å². The van der Waals surface area contributed by atoms with Gasteiger partial charge in [0.15, 0.2) is 0 Å². The SMILES string of the molecule is CCOCCCN1C(=O)C(=O)/C(=C(/O)c2ccc(OCC)cc2)C1c1ccccc1[N+](=O)[O-]. The highest BCUT2D eigenvalue weighted by molar-refractivity contribution is 6.46. The maximum Gasteiger partial charge on any atom is 0.295 e. The van der Waals surface area contributed by atoms with Gasteiger partial charge in [0, 0.05) is 31.4 Å². The van der Waals surface area contributed by atoms with Gasteiger partial charge in [-0.25, -0.2) is 0 Å². The van der Waals surface area contributed by atoms with Gasteiger partial charge in [0.1, 0.15) is 11.5 Å². The zero-order valence-corrected chi connectivity index (χ0v) is 18.5. The monoisotopic (exact) mass is 454 g/mol. The lowest BCUT2D eigenvalue weighted by Gasteiger charge is -2.25. The maximum atomic E-state index is 13.0. The van der Waals surface area contributed by atoms with Crippen LogP contribution in [0.5, 0.6) is 5.75 Å². The van der Waals surface area contributed by atoms with Crippen molar-refractivity contribution in [2.75, 3.05) is 26.4 Å². The summed E-state index contributed by atoms with van der Waals surface area (Å²) in [6.07, 6.45) is 0.432. The minimum Gasteiger partial charge on any atom is -0.507 e. The minimum atomic E-state index is -1.10. The average molecular weight is 454 g/mol. The Morgan fingerprint density at radius 2 is 1.79 bits per heavy atom. The standard InChI is InChI=1S/C24H26N2O7/c1-3-32-15-7-14-25-21(18-8-5-6-9-19(18)26(30)31)20(23(28)24(25)29)22(27)16-10-12-17(13-11-16)33-4-2/h5-6,8-13,21,27H,3-4,7,14-15H2,1-2H3/b22-20+. The van der Waals surface area contributed by atoms with E-state index < -0.39 is 28.4 Å². The van der Waals surface area contributed by atoms with E-state index in [9.17, 15) is 24.8 Å². The molecule has 33 heavy (non-hydrogen) atoms. The predicted octanol–water partition coefficient (Wildman–Crippen LogP) is 3.84. The van der Waals surface area contributed by atoms with Gasteiger partial charge in [0.25, 0.3) is 17.4 Å². The summed E-state index contributed by atoms with van der Waals surface area (Å²) in [5.41, 5.74) is 0.0339. The predicted molar refractivity (Wildman–Crippen MR) is 121 cm³/mol. The number of ketones is 1. The van der Waals surface area contributed by atoms with E-state index in [2.05, 4.69) is 0 Å². The number of para-hydroxylation sites is 1. The first-order chi connectivity index (χ1) is 15.9. The van der Waals surface area contributed by atoms with Crippen molar-refractivity contribution in [3.8, 4) is 5.75 Å². The molecule has 1 heterocycles.